The van der Waals surface area contributed by atoms with E-state index < -0.39 is 0 Å². The van der Waals surface area contributed by atoms with Gasteiger partial charge in [-0.15, -0.1) is 0 Å². The topological polar surface area (TPSA) is 8.17 Å². The number of rotatable bonds is 10. The standard InChI is InChI=1S/C30H34N2/c1-3-4-22-32-29(20-21-30(32)28-18-12-7-13-19-28)24-31(23-26-14-8-5-9-15-26)25(2)27-16-10-6-11-17-27/h5-21,25H,3-4,22-24H2,1-2H3. The van der Waals surface area contributed by atoms with Crippen LogP contribution in [0.25, 0.3) is 11.3 Å². The molecule has 0 saturated heterocycles. The number of hydrogen-bond donors (Lipinski definition) is 0. The average molecular weight is 423 g/mol. The maximum atomic E-state index is 2.59. The monoisotopic (exact) mass is 422 g/mol. The van der Waals surface area contributed by atoms with E-state index in [1.165, 1.54) is 40.9 Å². The van der Waals surface area contributed by atoms with E-state index in [4.69, 9.17) is 0 Å². The molecule has 4 aromatic rings. The third-order valence-corrected chi connectivity index (χ3v) is 6.30. The first-order valence-electron chi connectivity index (χ1n) is 11.8. The molecule has 2 heteroatoms. The van der Waals surface area contributed by atoms with E-state index in [1.54, 1.807) is 0 Å². The van der Waals surface area contributed by atoms with Crippen LogP contribution >= 0.6 is 0 Å². The summed E-state index contributed by atoms with van der Waals surface area (Å²) in [4.78, 5) is 2.59. The molecule has 0 radical (unpaired) electrons. The molecule has 4 rings (SSSR count). The van der Waals surface area contributed by atoms with Gasteiger partial charge in [0.1, 0.15) is 0 Å². The Bertz CT molecular complexity index is 1070. The summed E-state index contributed by atoms with van der Waals surface area (Å²) < 4.78 is 2.54. The molecule has 164 valence electrons. The van der Waals surface area contributed by atoms with Crippen LogP contribution in [0, 0.1) is 0 Å². The van der Waals surface area contributed by atoms with Crippen molar-refractivity contribution in [1.82, 2.24) is 9.47 Å². The molecule has 0 fully saturated rings. The fourth-order valence-electron chi connectivity index (χ4n) is 4.39. The van der Waals surface area contributed by atoms with E-state index in [0.717, 1.165) is 19.6 Å². The van der Waals surface area contributed by atoms with Gasteiger partial charge in [-0.25, -0.2) is 0 Å². The van der Waals surface area contributed by atoms with Crippen LogP contribution < -0.4 is 0 Å². The fourth-order valence-corrected chi connectivity index (χ4v) is 4.39. The number of unbranched alkanes of at least 4 members (excludes halogenated alkanes) is 1. The Morgan fingerprint density at radius 1 is 0.719 bits per heavy atom. The Balaban J connectivity index is 1.67. The van der Waals surface area contributed by atoms with Crippen molar-refractivity contribution in [3.8, 4) is 11.3 Å². The van der Waals surface area contributed by atoms with Crippen LogP contribution in [0.1, 0.15) is 49.6 Å². The van der Waals surface area contributed by atoms with Crippen LogP contribution in [-0.4, -0.2) is 9.47 Å². The summed E-state index contributed by atoms with van der Waals surface area (Å²) >= 11 is 0. The zero-order chi connectivity index (χ0) is 22.2. The highest BCUT2D eigenvalue weighted by atomic mass is 15.2. The molecule has 0 aliphatic carbocycles. The van der Waals surface area contributed by atoms with Gasteiger partial charge >= 0.3 is 0 Å². The second-order valence-corrected chi connectivity index (χ2v) is 8.56. The minimum Gasteiger partial charge on any atom is -0.343 e. The van der Waals surface area contributed by atoms with Crippen LogP contribution in [0.5, 0.6) is 0 Å². The zero-order valence-electron chi connectivity index (χ0n) is 19.3. The van der Waals surface area contributed by atoms with Gasteiger partial charge < -0.3 is 4.57 Å². The van der Waals surface area contributed by atoms with Crippen molar-refractivity contribution in [3.05, 3.63) is 120 Å². The van der Waals surface area contributed by atoms with Gasteiger partial charge in [-0.3, -0.25) is 4.90 Å². The lowest BCUT2D eigenvalue weighted by Crippen LogP contribution is -2.27. The minimum absolute atomic E-state index is 0.325. The van der Waals surface area contributed by atoms with Crippen molar-refractivity contribution in [2.75, 3.05) is 0 Å². The van der Waals surface area contributed by atoms with Gasteiger partial charge in [-0.05, 0) is 42.2 Å². The molecular formula is C30H34N2. The molecule has 0 N–H and O–H groups in total. The van der Waals surface area contributed by atoms with Crippen LogP contribution in [-0.2, 0) is 19.6 Å². The minimum atomic E-state index is 0.325. The molecule has 2 nitrogen and oxygen atoms in total. The molecule has 0 aliphatic heterocycles. The SMILES string of the molecule is CCCCn1c(CN(Cc2ccccc2)C(C)c2ccccc2)ccc1-c1ccccc1. The van der Waals surface area contributed by atoms with Crippen molar-refractivity contribution >= 4 is 0 Å². The first kappa shape index (κ1) is 22.1. The average Bonchev–Trinajstić information content (AvgIpc) is 3.26. The second kappa shape index (κ2) is 11.0. The van der Waals surface area contributed by atoms with Gasteiger partial charge in [0.25, 0.3) is 0 Å². The van der Waals surface area contributed by atoms with Crippen molar-refractivity contribution in [2.45, 2.75) is 52.4 Å². The fraction of sp³-hybridized carbons (Fsp3) is 0.267. The van der Waals surface area contributed by atoms with Crippen LogP contribution in [0.4, 0.5) is 0 Å². The summed E-state index contributed by atoms with van der Waals surface area (Å²) in [6.45, 7) is 7.50. The molecule has 1 unspecified atom stereocenters. The summed E-state index contributed by atoms with van der Waals surface area (Å²) in [5.74, 6) is 0. The largest absolute Gasteiger partial charge is 0.343 e. The summed E-state index contributed by atoms with van der Waals surface area (Å²) in [5, 5.41) is 0. The van der Waals surface area contributed by atoms with Crippen LogP contribution in [0.15, 0.2) is 103 Å². The quantitative estimate of drug-likeness (QED) is 0.254. The van der Waals surface area contributed by atoms with Crippen molar-refractivity contribution in [2.24, 2.45) is 0 Å². The van der Waals surface area contributed by atoms with E-state index in [0.29, 0.717) is 6.04 Å². The number of nitrogens with zero attached hydrogens (tertiary/aromatic N) is 2. The van der Waals surface area contributed by atoms with Crippen LogP contribution in [0.3, 0.4) is 0 Å². The van der Waals surface area contributed by atoms with Gasteiger partial charge in [0.15, 0.2) is 0 Å². The third-order valence-electron chi connectivity index (χ3n) is 6.30. The Labute approximate surface area is 193 Å². The highest BCUT2D eigenvalue weighted by molar-refractivity contribution is 5.60. The molecule has 0 amide bonds. The Morgan fingerprint density at radius 3 is 2.00 bits per heavy atom. The molecule has 1 atom stereocenters. The molecule has 0 aliphatic rings. The lowest BCUT2D eigenvalue weighted by molar-refractivity contribution is 0.187. The van der Waals surface area contributed by atoms with E-state index in [2.05, 4.69) is 126 Å². The smallest absolute Gasteiger partial charge is 0.0482 e. The molecule has 0 bridgehead atoms. The van der Waals surface area contributed by atoms with E-state index >= 15 is 0 Å². The Morgan fingerprint density at radius 2 is 1.34 bits per heavy atom. The highest BCUT2D eigenvalue weighted by Gasteiger charge is 2.19. The predicted octanol–water partition coefficient (Wildman–Crippen LogP) is 7.72. The molecular weight excluding hydrogens is 388 g/mol. The second-order valence-electron chi connectivity index (χ2n) is 8.56. The lowest BCUT2D eigenvalue weighted by Gasteiger charge is -2.30. The van der Waals surface area contributed by atoms with Crippen LogP contribution in [0.2, 0.25) is 0 Å². The molecule has 1 heterocycles. The molecule has 3 aromatic carbocycles. The maximum absolute atomic E-state index is 2.59. The summed E-state index contributed by atoms with van der Waals surface area (Å²) in [5.41, 5.74) is 6.71. The summed E-state index contributed by atoms with van der Waals surface area (Å²) in [6, 6.07) is 37.4. The van der Waals surface area contributed by atoms with Gasteiger partial charge in [0.2, 0.25) is 0 Å². The summed E-state index contributed by atoms with van der Waals surface area (Å²) in [7, 11) is 0. The lowest BCUT2D eigenvalue weighted by atomic mass is 10.1. The first-order chi connectivity index (χ1) is 15.8. The summed E-state index contributed by atoms with van der Waals surface area (Å²) in [6.07, 6.45) is 2.38. The van der Waals surface area contributed by atoms with Gasteiger partial charge in [0, 0.05) is 37.1 Å². The first-order valence-corrected chi connectivity index (χ1v) is 11.8. The van der Waals surface area contributed by atoms with Crippen molar-refractivity contribution in [1.29, 1.82) is 0 Å². The maximum Gasteiger partial charge on any atom is 0.0482 e. The molecule has 0 saturated carbocycles. The van der Waals surface area contributed by atoms with E-state index in [1.807, 2.05) is 0 Å². The predicted molar refractivity (Wildman–Crippen MR) is 135 cm³/mol. The van der Waals surface area contributed by atoms with E-state index in [9.17, 15) is 0 Å². The van der Waals surface area contributed by atoms with E-state index in [-0.39, 0.29) is 0 Å². The normalized spacial score (nSPS) is 12.2. The number of hydrogen-bond acceptors (Lipinski definition) is 1. The van der Waals surface area contributed by atoms with Gasteiger partial charge in [0.05, 0.1) is 0 Å². The van der Waals surface area contributed by atoms with Crippen molar-refractivity contribution < 1.29 is 0 Å². The van der Waals surface area contributed by atoms with Crippen molar-refractivity contribution in [3.63, 3.8) is 0 Å². The van der Waals surface area contributed by atoms with Gasteiger partial charge in [-0.2, -0.15) is 0 Å². The third kappa shape index (κ3) is 5.38. The Hall–Kier alpha value is -3.10. The highest BCUT2D eigenvalue weighted by Crippen LogP contribution is 2.28. The number of benzene rings is 3. The molecule has 0 spiro atoms. The van der Waals surface area contributed by atoms with Gasteiger partial charge in [-0.1, -0.05) is 104 Å². The molecule has 1 aromatic heterocycles. The molecule has 32 heavy (non-hydrogen) atoms. The number of aromatic nitrogens is 1. The Kier molecular flexibility index (Phi) is 7.58. The zero-order valence-corrected chi connectivity index (χ0v) is 19.3.